The summed E-state index contributed by atoms with van der Waals surface area (Å²) in [7, 11) is 1.60. The summed E-state index contributed by atoms with van der Waals surface area (Å²) in [4.78, 5) is 38.3. The third kappa shape index (κ3) is 3.93. The number of alkyl carbamates (subject to hydrolysis) is 1. The van der Waals surface area contributed by atoms with Crippen molar-refractivity contribution in [3.05, 3.63) is 59.7 Å². The summed E-state index contributed by atoms with van der Waals surface area (Å²) >= 11 is 0. The van der Waals surface area contributed by atoms with Crippen LogP contribution in [0.5, 0.6) is 0 Å². The molecule has 5 rings (SSSR count). The van der Waals surface area contributed by atoms with E-state index in [-0.39, 0.29) is 30.4 Å². The first-order valence-electron chi connectivity index (χ1n) is 12.0. The fourth-order valence-electron chi connectivity index (χ4n) is 5.59. The van der Waals surface area contributed by atoms with Crippen molar-refractivity contribution in [1.82, 2.24) is 10.2 Å². The highest BCUT2D eigenvalue weighted by atomic mass is 16.5. The fraction of sp³-hybridized carbons (Fsp3) is 0.444. The van der Waals surface area contributed by atoms with Crippen LogP contribution in [-0.4, -0.2) is 53.2 Å². The molecule has 0 spiro atoms. The lowest BCUT2D eigenvalue weighted by Crippen LogP contribution is -2.48. The number of amides is 2. The summed E-state index contributed by atoms with van der Waals surface area (Å²) in [5.74, 6) is -1.19. The minimum Gasteiger partial charge on any atom is -0.479 e. The van der Waals surface area contributed by atoms with Gasteiger partial charge < -0.3 is 20.1 Å². The molecule has 0 saturated heterocycles. The molecule has 34 heavy (non-hydrogen) atoms. The first kappa shape index (κ1) is 22.4. The molecule has 2 aromatic rings. The monoisotopic (exact) mass is 462 g/mol. The number of likely N-dealkylation sites (N-methyl/N-ethyl adjacent to an activating group) is 1. The van der Waals surface area contributed by atoms with E-state index in [1.165, 1.54) is 27.2 Å². The molecule has 178 valence electrons. The maximum absolute atomic E-state index is 12.8. The minimum absolute atomic E-state index is 0.0195. The number of hydrogen-bond acceptors (Lipinski definition) is 4. The van der Waals surface area contributed by atoms with Crippen LogP contribution >= 0.6 is 0 Å². The maximum Gasteiger partial charge on any atom is 0.407 e. The zero-order valence-electron chi connectivity index (χ0n) is 19.3. The van der Waals surface area contributed by atoms with Crippen molar-refractivity contribution in [3.8, 4) is 11.1 Å². The Kier molecular flexibility index (Phi) is 5.80. The molecule has 0 atom stereocenters. The van der Waals surface area contributed by atoms with E-state index in [0.717, 1.165) is 0 Å². The van der Waals surface area contributed by atoms with Crippen LogP contribution in [0.2, 0.25) is 0 Å². The van der Waals surface area contributed by atoms with Crippen molar-refractivity contribution in [2.24, 2.45) is 5.92 Å². The lowest BCUT2D eigenvalue weighted by atomic mass is 9.85. The number of aliphatic carboxylic acids is 1. The molecule has 3 aliphatic rings. The Bertz CT molecular complexity index is 1070. The van der Waals surface area contributed by atoms with Gasteiger partial charge in [-0.05, 0) is 60.8 Å². The summed E-state index contributed by atoms with van der Waals surface area (Å²) in [6.07, 6.45) is 3.22. The number of carboxylic acids is 1. The van der Waals surface area contributed by atoms with Crippen LogP contribution in [0.25, 0.3) is 11.1 Å². The third-order valence-corrected chi connectivity index (χ3v) is 7.84. The number of nitrogens with one attached hydrogen (secondary N) is 1. The number of nitrogens with zero attached hydrogens (tertiary/aromatic N) is 1. The molecular weight excluding hydrogens is 432 g/mol. The predicted octanol–water partition coefficient (Wildman–Crippen LogP) is 4.16. The summed E-state index contributed by atoms with van der Waals surface area (Å²) in [6.45, 7) is 0.274. The van der Waals surface area contributed by atoms with E-state index in [0.29, 0.717) is 38.5 Å². The van der Waals surface area contributed by atoms with Crippen LogP contribution < -0.4 is 5.32 Å². The van der Waals surface area contributed by atoms with Crippen molar-refractivity contribution in [3.63, 3.8) is 0 Å². The summed E-state index contributed by atoms with van der Waals surface area (Å²) in [6, 6.07) is 16.4. The van der Waals surface area contributed by atoms with Gasteiger partial charge in [-0.3, -0.25) is 4.79 Å². The quantitative estimate of drug-likeness (QED) is 0.672. The van der Waals surface area contributed by atoms with Gasteiger partial charge in [0.05, 0.1) is 0 Å². The van der Waals surface area contributed by atoms with Gasteiger partial charge in [-0.15, -0.1) is 0 Å². The van der Waals surface area contributed by atoms with Gasteiger partial charge in [0, 0.05) is 24.9 Å². The van der Waals surface area contributed by atoms with Crippen LogP contribution in [0, 0.1) is 5.92 Å². The van der Waals surface area contributed by atoms with Crippen LogP contribution in [0.4, 0.5) is 4.79 Å². The number of fused-ring (bicyclic) bond motifs is 3. The number of benzene rings is 2. The lowest BCUT2D eigenvalue weighted by molar-refractivity contribution is -0.153. The second-order valence-corrected chi connectivity index (χ2v) is 9.75. The number of hydrogen-bond donors (Lipinski definition) is 2. The van der Waals surface area contributed by atoms with Gasteiger partial charge in [-0.2, -0.15) is 0 Å². The number of carbonyl (C=O) groups is 3. The van der Waals surface area contributed by atoms with Crippen LogP contribution in [0.3, 0.4) is 0 Å². The van der Waals surface area contributed by atoms with E-state index in [1.54, 1.807) is 7.05 Å². The minimum atomic E-state index is -1.01. The largest absolute Gasteiger partial charge is 0.479 e. The molecule has 2 aromatic carbocycles. The van der Waals surface area contributed by atoms with E-state index in [4.69, 9.17) is 4.74 Å². The predicted molar refractivity (Wildman–Crippen MR) is 126 cm³/mol. The molecule has 3 aliphatic carbocycles. The van der Waals surface area contributed by atoms with Gasteiger partial charge in [0.15, 0.2) is 0 Å². The summed E-state index contributed by atoms with van der Waals surface area (Å²) in [5.41, 5.74) is 3.73. The SMILES string of the molecule is CN(C(=O)C1CCC(NC(=O)OCC2c3ccccc3-c3ccccc32)CC1)C1(C(=O)O)CC1. The molecule has 2 saturated carbocycles. The number of carbonyl (C=O) groups excluding carboxylic acids is 2. The first-order chi connectivity index (χ1) is 16.4. The van der Waals surface area contributed by atoms with E-state index >= 15 is 0 Å². The Morgan fingerprint density at radius 3 is 2.06 bits per heavy atom. The van der Waals surface area contributed by atoms with Crippen molar-refractivity contribution < 1.29 is 24.2 Å². The maximum atomic E-state index is 12.8. The molecule has 0 aromatic heterocycles. The van der Waals surface area contributed by atoms with Crippen LogP contribution in [0.1, 0.15) is 55.6 Å². The van der Waals surface area contributed by atoms with Gasteiger partial charge in [0.25, 0.3) is 0 Å². The molecule has 2 fully saturated rings. The highest BCUT2D eigenvalue weighted by molar-refractivity contribution is 5.90. The van der Waals surface area contributed by atoms with Crippen molar-refractivity contribution in [2.75, 3.05) is 13.7 Å². The first-order valence-corrected chi connectivity index (χ1v) is 12.0. The highest BCUT2D eigenvalue weighted by Gasteiger charge is 2.56. The molecule has 7 heteroatoms. The van der Waals surface area contributed by atoms with Crippen molar-refractivity contribution in [1.29, 1.82) is 0 Å². The molecule has 2 amide bonds. The van der Waals surface area contributed by atoms with Crippen molar-refractivity contribution >= 4 is 18.0 Å². The fourth-order valence-corrected chi connectivity index (χ4v) is 5.59. The van der Waals surface area contributed by atoms with Crippen LogP contribution in [0.15, 0.2) is 48.5 Å². The molecular formula is C27H30N2O5. The Labute approximate surface area is 199 Å². The highest BCUT2D eigenvalue weighted by Crippen LogP contribution is 2.45. The molecule has 0 aliphatic heterocycles. The number of ether oxygens (including phenoxy) is 1. The molecule has 2 N–H and O–H groups in total. The lowest BCUT2D eigenvalue weighted by Gasteiger charge is -2.33. The summed E-state index contributed by atoms with van der Waals surface area (Å²) in [5, 5.41) is 12.4. The molecule has 0 bridgehead atoms. The molecule has 0 unspecified atom stereocenters. The molecule has 0 radical (unpaired) electrons. The van der Waals surface area contributed by atoms with Gasteiger partial charge in [-0.1, -0.05) is 48.5 Å². The van der Waals surface area contributed by atoms with Gasteiger partial charge >= 0.3 is 12.1 Å². The zero-order valence-corrected chi connectivity index (χ0v) is 19.3. The topological polar surface area (TPSA) is 95.9 Å². The Balaban J connectivity index is 1.12. The molecule has 0 heterocycles. The number of rotatable bonds is 6. The smallest absolute Gasteiger partial charge is 0.407 e. The second kappa shape index (κ2) is 8.78. The average molecular weight is 463 g/mol. The van der Waals surface area contributed by atoms with E-state index in [9.17, 15) is 19.5 Å². The molecule has 7 nitrogen and oxygen atoms in total. The van der Waals surface area contributed by atoms with E-state index in [1.807, 2.05) is 24.3 Å². The van der Waals surface area contributed by atoms with E-state index < -0.39 is 17.6 Å². The van der Waals surface area contributed by atoms with Crippen LogP contribution in [-0.2, 0) is 14.3 Å². The second-order valence-electron chi connectivity index (χ2n) is 9.75. The van der Waals surface area contributed by atoms with Crippen molar-refractivity contribution in [2.45, 2.75) is 56.0 Å². The van der Waals surface area contributed by atoms with Gasteiger partial charge in [-0.25, -0.2) is 9.59 Å². The van der Waals surface area contributed by atoms with E-state index in [2.05, 4.69) is 29.6 Å². The summed E-state index contributed by atoms with van der Waals surface area (Å²) < 4.78 is 5.64. The third-order valence-electron chi connectivity index (χ3n) is 7.84. The normalized spacial score (nSPS) is 22.3. The Morgan fingerprint density at radius 2 is 1.53 bits per heavy atom. The van der Waals surface area contributed by atoms with Gasteiger partial charge in [0.2, 0.25) is 5.91 Å². The number of carboxylic acid groups (broad SMARTS) is 1. The Hall–Kier alpha value is -3.35. The zero-order chi connectivity index (χ0) is 23.9. The van der Waals surface area contributed by atoms with Gasteiger partial charge in [0.1, 0.15) is 12.1 Å². The Morgan fingerprint density at radius 1 is 0.971 bits per heavy atom. The average Bonchev–Trinajstić information content (AvgIpc) is 3.61. The standard InChI is InChI=1S/C27H30N2O5/c1-29(27(14-15-27)25(31)32)24(30)17-10-12-18(13-11-17)28-26(33)34-16-23-21-8-4-2-6-19(21)20-7-3-5-9-22(20)23/h2-9,17-18,23H,10-16H2,1H3,(H,28,33)(H,31,32).